The van der Waals surface area contributed by atoms with Crippen LogP contribution in [0.3, 0.4) is 0 Å². The molecule has 2 N–H and O–H groups in total. The summed E-state index contributed by atoms with van der Waals surface area (Å²) in [6.07, 6.45) is 4.26. The summed E-state index contributed by atoms with van der Waals surface area (Å²) in [6.45, 7) is 4.33. The first-order valence-electron chi connectivity index (χ1n) is 7.67. The third kappa shape index (κ3) is 3.09. The molecule has 4 heteroatoms. The van der Waals surface area contributed by atoms with Gasteiger partial charge in [-0.05, 0) is 18.9 Å². The molecule has 1 aromatic heterocycles. The summed E-state index contributed by atoms with van der Waals surface area (Å²) in [5, 5.41) is 4.59. The van der Waals surface area contributed by atoms with Crippen molar-refractivity contribution in [2.24, 2.45) is 7.05 Å². The van der Waals surface area contributed by atoms with Crippen LogP contribution in [0.25, 0.3) is 11.1 Å². The molecule has 1 heterocycles. The van der Waals surface area contributed by atoms with Gasteiger partial charge in [0.2, 0.25) is 0 Å². The highest BCUT2D eigenvalue weighted by Gasteiger charge is 2.24. The first-order chi connectivity index (χ1) is 10.1. The molecule has 2 aromatic rings. The minimum atomic E-state index is -0.245. The maximum absolute atomic E-state index is 14.2. The van der Waals surface area contributed by atoms with Gasteiger partial charge in [-0.25, -0.2) is 4.39 Å². The summed E-state index contributed by atoms with van der Waals surface area (Å²) in [7, 11) is 1.82. The average Bonchev–Trinajstić information content (AvgIpc) is 2.75. The minimum Gasteiger partial charge on any atom is -0.383 e. The summed E-state index contributed by atoms with van der Waals surface area (Å²) >= 11 is 0. The Hall–Kier alpha value is -1.84. The van der Waals surface area contributed by atoms with Gasteiger partial charge in [-0.1, -0.05) is 44.9 Å². The molecule has 21 heavy (non-hydrogen) atoms. The predicted molar refractivity (Wildman–Crippen MR) is 85.6 cm³/mol. The second-order valence-corrected chi connectivity index (χ2v) is 5.52. The van der Waals surface area contributed by atoms with Crippen molar-refractivity contribution < 1.29 is 4.39 Å². The summed E-state index contributed by atoms with van der Waals surface area (Å²) < 4.78 is 15.8. The number of nitrogens with two attached hydrogens (primary N) is 1. The van der Waals surface area contributed by atoms with Crippen LogP contribution < -0.4 is 5.73 Å². The highest BCUT2D eigenvalue weighted by molar-refractivity contribution is 5.77. The van der Waals surface area contributed by atoms with Crippen molar-refractivity contribution in [2.75, 3.05) is 5.73 Å². The number of aromatic nitrogens is 2. The minimum absolute atomic E-state index is 0.245. The molecule has 0 radical (unpaired) electrons. The number of nitrogen functional groups attached to an aromatic ring is 1. The van der Waals surface area contributed by atoms with Crippen LogP contribution >= 0.6 is 0 Å². The number of aryl methyl sites for hydroxylation is 1. The molecule has 0 spiro atoms. The summed E-state index contributed by atoms with van der Waals surface area (Å²) in [6, 6.07) is 6.78. The first-order valence-corrected chi connectivity index (χ1v) is 7.67. The Bertz CT molecular complexity index is 598. The van der Waals surface area contributed by atoms with Gasteiger partial charge >= 0.3 is 0 Å². The highest BCUT2D eigenvalue weighted by atomic mass is 19.1. The molecule has 2 rings (SSSR count). The molecule has 0 aliphatic rings. The topological polar surface area (TPSA) is 43.8 Å². The third-order valence-electron chi connectivity index (χ3n) is 3.92. The van der Waals surface area contributed by atoms with Gasteiger partial charge in [0.1, 0.15) is 11.6 Å². The SMILES string of the molecule is CCCC(CCC)c1nn(C)c(N)c1-c1ccccc1F. The Kier molecular flexibility index (Phi) is 4.99. The van der Waals surface area contributed by atoms with Crippen LogP contribution in [0.1, 0.15) is 51.1 Å². The van der Waals surface area contributed by atoms with E-state index in [0.29, 0.717) is 17.3 Å². The largest absolute Gasteiger partial charge is 0.383 e. The van der Waals surface area contributed by atoms with E-state index in [0.717, 1.165) is 36.9 Å². The fraction of sp³-hybridized carbons (Fsp3) is 0.471. The number of hydrogen-bond acceptors (Lipinski definition) is 2. The first kappa shape index (κ1) is 15.5. The van der Waals surface area contributed by atoms with Gasteiger partial charge in [0.15, 0.2) is 0 Å². The van der Waals surface area contributed by atoms with Crippen molar-refractivity contribution in [1.82, 2.24) is 9.78 Å². The molecule has 0 aliphatic heterocycles. The summed E-state index contributed by atoms with van der Waals surface area (Å²) in [5.74, 6) is 0.621. The van der Waals surface area contributed by atoms with Crippen LogP contribution in [0, 0.1) is 5.82 Å². The van der Waals surface area contributed by atoms with Crippen molar-refractivity contribution in [3.05, 3.63) is 35.8 Å². The van der Waals surface area contributed by atoms with Crippen LogP contribution in [-0.4, -0.2) is 9.78 Å². The number of halogens is 1. The normalized spacial score (nSPS) is 11.3. The summed E-state index contributed by atoms with van der Waals surface area (Å²) in [4.78, 5) is 0. The van der Waals surface area contributed by atoms with Crippen molar-refractivity contribution >= 4 is 5.82 Å². The lowest BCUT2D eigenvalue weighted by Gasteiger charge is -2.15. The van der Waals surface area contributed by atoms with Crippen LogP contribution in [-0.2, 0) is 7.05 Å². The molecule has 0 saturated carbocycles. The lowest BCUT2D eigenvalue weighted by atomic mass is 9.90. The quantitative estimate of drug-likeness (QED) is 0.851. The second kappa shape index (κ2) is 6.74. The van der Waals surface area contributed by atoms with E-state index in [-0.39, 0.29) is 5.82 Å². The van der Waals surface area contributed by atoms with E-state index in [2.05, 4.69) is 18.9 Å². The third-order valence-corrected chi connectivity index (χ3v) is 3.92. The van der Waals surface area contributed by atoms with E-state index in [1.54, 1.807) is 16.8 Å². The zero-order chi connectivity index (χ0) is 15.4. The zero-order valence-electron chi connectivity index (χ0n) is 13.1. The molecule has 1 aromatic carbocycles. The Balaban J connectivity index is 2.57. The molecule has 0 unspecified atom stereocenters. The van der Waals surface area contributed by atoms with Crippen molar-refractivity contribution in [2.45, 2.75) is 45.4 Å². The Morgan fingerprint density at radius 2 is 1.81 bits per heavy atom. The molecule has 3 nitrogen and oxygen atoms in total. The molecule has 0 fully saturated rings. The highest BCUT2D eigenvalue weighted by Crippen LogP contribution is 2.38. The average molecular weight is 289 g/mol. The van der Waals surface area contributed by atoms with E-state index >= 15 is 0 Å². The zero-order valence-corrected chi connectivity index (χ0v) is 13.1. The van der Waals surface area contributed by atoms with E-state index in [1.165, 1.54) is 6.07 Å². The molecule has 114 valence electrons. The maximum Gasteiger partial charge on any atom is 0.131 e. The fourth-order valence-corrected chi connectivity index (χ4v) is 2.90. The molecule has 0 amide bonds. The van der Waals surface area contributed by atoms with Crippen LogP contribution in [0.15, 0.2) is 24.3 Å². The van der Waals surface area contributed by atoms with Crippen LogP contribution in [0.4, 0.5) is 10.2 Å². The Morgan fingerprint density at radius 1 is 1.19 bits per heavy atom. The van der Waals surface area contributed by atoms with E-state index in [1.807, 2.05) is 13.1 Å². The standard InChI is InChI=1S/C17H24FN3/c1-4-8-12(9-5-2)16-15(17(19)21(3)20-16)13-10-6-7-11-14(13)18/h6-7,10-12H,4-5,8-9,19H2,1-3H3. The maximum atomic E-state index is 14.2. The van der Waals surface area contributed by atoms with Gasteiger partial charge in [0.05, 0.1) is 11.3 Å². The van der Waals surface area contributed by atoms with Crippen molar-refractivity contribution in [3.8, 4) is 11.1 Å². The fourth-order valence-electron chi connectivity index (χ4n) is 2.90. The van der Waals surface area contributed by atoms with Gasteiger partial charge in [-0.15, -0.1) is 0 Å². The lowest BCUT2D eigenvalue weighted by molar-refractivity contribution is 0.540. The smallest absolute Gasteiger partial charge is 0.131 e. The molecular weight excluding hydrogens is 265 g/mol. The van der Waals surface area contributed by atoms with E-state index < -0.39 is 0 Å². The van der Waals surface area contributed by atoms with Gasteiger partial charge in [0, 0.05) is 18.5 Å². The predicted octanol–water partition coefficient (Wildman–Crippen LogP) is 4.49. The number of benzene rings is 1. The van der Waals surface area contributed by atoms with Gasteiger partial charge < -0.3 is 5.73 Å². The monoisotopic (exact) mass is 289 g/mol. The van der Waals surface area contributed by atoms with Gasteiger partial charge in [-0.2, -0.15) is 5.10 Å². The van der Waals surface area contributed by atoms with Gasteiger partial charge in [0.25, 0.3) is 0 Å². The molecular formula is C17H24FN3. The number of rotatable bonds is 6. The van der Waals surface area contributed by atoms with Crippen LogP contribution in [0.2, 0.25) is 0 Å². The van der Waals surface area contributed by atoms with E-state index in [4.69, 9.17) is 5.73 Å². The second-order valence-electron chi connectivity index (χ2n) is 5.52. The molecule has 0 bridgehead atoms. The number of hydrogen-bond donors (Lipinski definition) is 1. The number of nitrogens with zero attached hydrogens (tertiary/aromatic N) is 2. The van der Waals surface area contributed by atoms with Crippen LogP contribution in [0.5, 0.6) is 0 Å². The van der Waals surface area contributed by atoms with E-state index in [9.17, 15) is 4.39 Å². The summed E-state index contributed by atoms with van der Waals surface area (Å²) in [5.41, 5.74) is 8.42. The Labute approximate surface area is 126 Å². The molecule has 0 aliphatic carbocycles. The molecule has 0 saturated heterocycles. The lowest BCUT2D eigenvalue weighted by Crippen LogP contribution is -2.02. The number of anilines is 1. The molecule has 0 atom stereocenters. The van der Waals surface area contributed by atoms with Gasteiger partial charge in [-0.3, -0.25) is 4.68 Å². The van der Waals surface area contributed by atoms with Crippen molar-refractivity contribution in [1.29, 1.82) is 0 Å². The van der Waals surface area contributed by atoms with Crippen molar-refractivity contribution in [3.63, 3.8) is 0 Å². The Morgan fingerprint density at radius 3 is 2.38 bits per heavy atom.